The van der Waals surface area contributed by atoms with Crippen molar-refractivity contribution in [3.8, 4) is 11.4 Å². The third-order valence-corrected chi connectivity index (χ3v) is 4.03. The van der Waals surface area contributed by atoms with Gasteiger partial charge in [-0.25, -0.2) is 9.97 Å². The molecular weight excluding hydrogens is 296 g/mol. The lowest BCUT2D eigenvalue weighted by Gasteiger charge is -2.29. The van der Waals surface area contributed by atoms with E-state index >= 15 is 0 Å². The molecule has 1 N–H and O–H groups in total. The van der Waals surface area contributed by atoms with Gasteiger partial charge in [0.05, 0.1) is 5.52 Å². The Balaban J connectivity index is 0.000000815. The van der Waals surface area contributed by atoms with Crippen molar-refractivity contribution >= 4 is 16.7 Å². The molecule has 0 saturated carbocycles. The molecule has 1 aliphatic heterocycles. The van der Waals surface area contributed by atoms with E-state index in [1.807, 2.05) is 38.1 Å². The van der Waals surface area contributed by atoms with E-state index < -0.39 is 0 Å². The van der Waals surface area contributed by atoms with Crippen molar-refractivity contribution in [3.63, 3.8) is 0 Å². The van der Waals surface area contributed by atoms with Crippen LogP contribution in [0.2, 0.25) is 0 Å². The Morgan fingerprint density at radius 3 is 2.25 bits per heavy atom. The molecule has 1 aliphatic rings. The predicted octanol–water partition coefficient (Wildman–Crippen LogP) is 3.73. The van der Waals surface area contributed by atoms with Gasteiger partial charge in [0.15, 0.2) is 5.82 Å². The summed E-state index contributed by atoms with van der Waals surface area (Å²) in [6.07, 6.45) is 0. The molecule has 4 nitrogen and oxygen atoms in total. The van der Waals surface area contributed by atoms with Crippen LogP contribution in [0.15, 0.2) is 54.6 Å². The van der Waals surface area contributed by atoms with E-state index in [9.17, 15) is 0 Å². The normalized spacial score (nSPS) is 14.2. The molecule has 4 rings (SSSR count). The highest BCUT2D eigenvalue weighted by Crippen LogP contribution is 2.27. The van der Waals surface area contributed by atoms with Crippen LogP contribution in [0.25, 0.3) is 22.3 Å². The van der Waals surface area contributed by atoms with Gasteiger partial charge in [0, 0.05) is 37.1 Å². The zero-order chi connectivity index (χ0) is 16.8. The fraction of sp³-hybridized carbons (Fsp3) is 0.300. The number of para-hydroxylation sites is 1. The van der Waals surface area contributed by atoms with Gasteiger partial charge in [0.25, 0.3) is 0 Å². The second-order valence-electron chi connectivity index (χ2n) is 5.49. The first-order valence-corrected chi connectivity index (χ1v) is 8.70. The summed E-state index contributed by atoms with van der Waals surface area (Å²) in [5.41, 5.74) is 2.06. The third-order valence-electron chi connectivity index (χ3n) is 4.03. The molecule has 1 saturated heterocycles. The molecule has 2 aromatic carbocycles. The second kappa shape index (κ2) is 7.88. The maximum Gasteiger partial charge on any atom is 0.162 e. The number of rotatable bonds is 2. The lowest BCUT2D eigenvalue weighted by atomic mass is 10.1. The molecule has 0 radical (unpaired) electrons. The van der Waals surface area contributed by atoms with Gasteiger partial charge in [0.2, 0.25) is 0 Å². The number of hydrogen-bond donors (Lipinski definition) is 1. The average molecular weight is 320 g/mol. The van der Waals surface area contributed by atoms with Crippen LogP contribution in [0.3, 0.4) is 0 Å². The number of piperazine rings is 1. The molecule has 0 amide bonds. The summed E-state index contributed by atoms with van der Waals surface area (Å²) in [5.74, 6) is 1.85. The fourth-order valence-electron chi connectivity index (χ4n) is 2.89. The van der Waals surface area contributed by atoms with Crippen LogP contribution in [-0.4, -0.2) is 36.1 Å². The first-order chi connectivity index (χ1) is 11.9. The van der Waals surface area contributed by atoms with Gasteiger partial charge in [-0.2, -0.15) is 0 Å². The van der Waals surface area contributed by atoms with Gasteiger partial charge in [-0.15, -0.1) is 0 Å². The van der Waals surface area contributed by atoms with Crippen molar-refractivity contribution in [1.82, 2.24) is 15.3 Å². The van der Waals surface area contributed by atoms with Crippen molar-refractivity contribution in [3.05, 3.63) is 54.6 Å². The summed E-state index contributed by atoms with van der Waals surface area (Å²) >= 11 is 0. The first kappa shape index (κ1) is 16.4. The Labute approximate surface area is 143 Å². The van der Waals surface area contributed by atoms with E-state index in [0.717, 1.165) is 54.3 Å². The monoisotopic (exact) mass is 320 g/mol. The predicted molar refractivity (Wildman–Crippen MR) is 101 cm³/mol. The molecule has 0 atom stereocenters. The number of nitrogens with zero attached hydrogens (tertiary/aromatic N) is 3. The summed E-state index contributed by atoms with van der Waals surface area (Å²) in [6, 6.07) is 18.5. The standard InChI is InChI=1S/C18H18N4.C2H6/c1-2-6-14(7-3-1)17-20-16-9-5-4-8-15(16)18(21-17)22-12-10-19-11-13-22;1-2/h1-9,19H,10-13H2;1-2H3. The van der Waals surface area contributed by atoms with E-state index in [1.165, 1.54) is 0 Å². The minimum absolute atomic E-state index is 0.799. The quantitative estimate of drug-likeness (QED) is 0.781. The van der Waals surface area contributed by atoms with E-state index in [1.54, 1.807) is 0 Å². The minimum Gasteiger partial charge on any atom is -0.353 e. The summed E-state index contributed by atoms with van der Waals surface area (Å²) in [7, 11) is 0. The number of fused-ring (bicyclic) bond motifs is 1. The molecule has 4 heteroatoms. The molecule has 1 aromatic heterocycles. The largest absolute Gasteiger partial charge is 0.353 e. The topological polar surface area (TPSA) is 41.1 Å². The lowest BCUT2D eigenvalue weighted by molar-refractivity contribution is 0.586. The fourth-order valence-corrected chi connectivity index (χ4v) is 2.89. The minimum atomic E-state index is 0.799. The van der Waals surface area contributed by atoms with Crippen molar-refractivity contribution in [2.75, 3.05) is 31.1 Å². The van der Waals surface area contributed by atoms with Crippen LogP contribution in [0.1, 0.15) is 13.8 Å². The molecule has 124 valence electrons. The Kier molecular flexibility index (Phi) is 5.39. The molecule has 2 heterocycles. The maximum atomic E-state index is 4.88. The van der Waals surface area contributed by atoms with E-state index in [0.29, 0.717) is 0 Å². The number of benzene rings is 2. The van der Waals surface area contributed by atoms with Crippen LogP contribution in [0.5, 0.6) is 0 Å². The summed E-state index contributed by atoms with van der Waals surface area (Å²) < 4.78 is 0. The van der Waals surface area contributed by atoms with Crippen LogP contribution in [0.4, 0.5) is 5.82 Å². The van der Waals surface area contributed by atoms with Crippen LogP contribution in [-0.2, 0) is 0 Å². The Bertz CT molecular complexity index is 780. The lowest BCUT2D eigenvalue weighted by Crippen LogP contribution is -2.44. The summed E-state index contributed by atoms with van der Waals surface area (Å²) in [6.45, 7) is 7.96. The Hall–Kier alpha value is -2.46. The van der Waals surface area contributed by atoms with Crippen LogP contribution >= 0.6 is 0 Å². The molecule has 24 heavy (non-hydrogen) atoms. The molecule has 1 fully saturated rings. The molecule has 0 bridgehead atoms. The van der Waals surface area contributed by atoms with Gasteiger partial charge in [-0.1, -0.05) is 56.3 Å². The average Bonchev–Trinajstić information content (AvgIpc) is 2.70. The van der Waals surface area contributed by atoms with Gasteiger partial charge in [0.1, 0.15) is 5.82 Å². The Morgan fingerprint density at radius 1 is 0.833 bits per heavy atom. The van der Waals surface area contributed by atoms with E-state index in [-0.39, 0.29) is 0 Å². The number of anilines is 1. The van der Waals surface area contributed by atoms with Gasteiger partial charge in [-0.05, 0) is 12.1 Å². The van der Waals surface area contributed by atoms with Crippen molar-refractivity contribution in [2.45, 2.75) is 13.8 Å². The zero-order valence-electron chi connectivity index (χ0n) is 14.4. The first-order valence-electron chi connectivity index (χ1n) is 8.70. The van der Waals surface area contributed by atoms with Crippen molar-refractivity contribution in [2.24, 2.45) is 0 Å². The third kappa shape index (κ3) is 3.39. The SMILES string of the molecule is CC.c1ccc(-c2nc(N3CCNCC3)c3ccccc3n2)cc1. The van der Waals surface area contributed by atoms with Gasteiger partial charge >= 0.3 is 0 Å². The zero-order valence-corrected chi connectivity index (χ0v) is 14.4. The highest BCUT2D eigenvalue weighted by atomic mass is 15.2. The molecule has 0 aliphatic carbocycles. The molecule has 0 unspecified atom stereocenters. The molecular formula is C20H24N4. The van der Waals surface area contributed by atoms with Crippen molar-refractivity contribution in [1.29, 1.82) is 0 Å². The van der Waals surface area contributed by atoms with Gasteiger partial charge in [-0.3, -0.25) is 0 Å². The Morgan fingerprint density at radius 2 is 1.50 bits per heavy atom. The van der Waals surface area contributed by atoms with Crippen molar-refractivity contribution < 1.29 is 0 Å². The summed E-state index contributed by atoms with van der Waals surface area (Å²) in [5, 5.41) is 4.52. The number of aromatic nitrogens is 2. The number of nitrogens with one attached hydrogen (secondary N) is 1. The summed E-state index contributed by atoms with van der Waals surface area (Å²) in [4.78, 5) is 12.0. The van der Waals surface area contributed by atoms with Crippen LogP contribution in [0, 0.1) is 0 Å². The highest BCUT2D eigenvalue weighted by molar-refractivity contribution is 5.91. The number of hydrogen-bond acceptors (Lipinski definition) is 4. The van der Waals surface area contributed by atoms with E-state index in [2.05, 4.69) is 40.5 Å². The smallest absolute Gasteiger partial charge is 0.162 e. The highest BCUT2D eigenvalue weighted by Gasteiger charge is 2.17. The van der Waals surface area contributed by atoms with Crippen LogP contribution < -0.4 is 10.2 Å². The van der Waals surface area contributed by atoms with Gasteiger partial charge < -0.3 is 10.2 Å². The second-order valence-corrected chi connectivity index (χ2v) is 5.49. The molecule has 0 spiro atoms. The van der Waals surface area contributed by atoms with E-state index in [4.69, 9.17) is 9.97 Å². The molecule has 3 aromatic rings. The maximum absolute atomic E-state index is 4.88.